The van der Waals surface area contributed by atoms with E-state index in [4.69, 9.17) is 4.42 Å². The average Bonchev–Trinajstić information content (AvgIpc) is 3.22. The Balaban J connectivity index is 1.66. The van der Waals surface area contributed by atoms with Gasteiger partial charge in [0.05, 0.1) is 24.5 Å². The van der Waals surface area contributed by atoms with Gasteiger partial charge in [-0.05, 0) is 12.5 Å². The van der Waals surface area contributed by atoms with E-state index < -0.39 is 10.0 Å². The van der Waals surface area contributed by atoms with Gasteiger partial charge in [-0.15, -0.1) is 0 Å². The third kappa shape index (κ3) is 2.85. The van der Waals surface area contributed by atoms with Crippen LogP contribution in [0.4, 0.5) is 0 Å². The molecule has 0 unspecified atom stereocenters. The van der Waals surface area contributed by atoms with E-state index in [1.807, 2.05) is 6.07 Å². The lowest BCUT2D eigenvalue weighted by Gasteiger charge is -2.18. The molecule has 130 valence electrons. The van der Waals surface area contributed by atoms with Crippen LogP contribution < -0.4 is 0 Å². The minimum atomic E-state index is -3.61. The van der Waals surface area contributed by atoms with Crippen LogP contribution in [0.2, 0.25) is 0 Å². The summed E-state index contributed by atoms with van der Waals surface area (Å²) in [6.07, 6.45) is 8.84. The second kappa shape index (κ2) is 6.08. The topological polar surface area (TPSA) is 94.1 Å². The van der Waals surface area contributed by atoms with Gasteiger partial charge in [0.15, 0.2) is 5.03 Å². The van der Waals surface area contributed by atoms with Crippen molar-refractivity contribution in [2.75, 3.05) is 13.1 Å². The standard InChI is InChI=1S/C16H17N5O3S/c1-20-8-15(19-11-20)25(22,23)21-5-2-13-14(3-6-21)17-10-18-16(13)12-4-7-24-9-12/h4,7-11H,2-3,5-6H2,1H3. The maximum atomic E-state index is 12.8. The molecule has 4 rings (SSSR count). The number of aryl methyl sites for hydroxylation is 1. The number of aromatic nitrogens is 4. The number of nitrogens with zero attached hydrogens (tertiary/aromatic N) is 5. The maximum absolute atomic E-state index is 12.8. The Bertz CT molecular complexity index is 995. The maximum Gasteiger partial charge on any atom is 0.262 e. The minimum Gasteiger partial charge on any atom is -0.472 e. The van der Waals surface area contributed by atoms with Gasteiger partial charge in [0, 0.05) is 49.6 Å². The molecule has 9 heteroatoms. The zero-order chi connectivity index (χ0) is 17.4. The van der Waals surface area contributed by atoms with Crippen LogP contribution in [0.25, 0.3) is 11.3 Å². The van der Waals surface area contributed by atoms with Crippen molar-refractivity contribution >= 4 is 10.0 Å². The number of furan rings is 1. The number of fused-ring (bicyclic) bond motifs is 1. The molecular formula is C16H17N5O3S. The van der Waals surface area contributed by atoms with E-state index in [1.165, 1.54) is 23.2 Å². The van der Waals surface area contributed by atoms with E-state index in [1.54, 1.807) is 24.1 Å². The van der Waals surface area contributed by atoms with Gasteiger partial charge in [-0.3, -0.25) is 0 Å². The fourth-order valence-electron chi connectivity index (χ4n) is 3.05. The molecule has 3 aromatic heterocycles. The Labute approximate surface area is 145 Å². The predicted octanol–water partition coefficient (Wildman–Crippen LogP) is 1.26. The normalized spacial score (nSPS) is 15.7. The highest BCUT2D eigenvalue weighted by atomic mass is 32.2. The van der Waals surface area contributed by atoms with Crippen LogP contribution in [0.1, 0.15) is 11.3 Å². The first-order valence-corrected chi connectivity index (χ1v) is 9.33. The Kier molecular flexibility index (Phi) is 3.89. The molecule has 4 heterocycles. The number of hydrogen-bond acceptors (Lipinski definition) is 6. The fraction of sp³-hybridized carbons (Fsp3) is 0.312. The summed E-state index contributed by atoms with van der Waals surface area (Å²) in [5.41, 5.74) is 3.53. The van der Waals surface area contributed by atoms with E-state index in [9.17, 15) is 8.42 Å². The van der Waals surface area contributed by atoms with Crippen LogP contribution in [-0.4, -0.2) is 45.3 Å². The van der Waals surface area contributed by atoms with Crippen molar-refractivity contribution in [2.24, 2.45) is 7.05 Å². The summed E-state index contributed by atoms with van der Waals surface area (Å²) in [7, 11) is -1.87. The number of rotatable bonds is 3. The Hall–Kier alpha value is -2.52. The van der Waals surface area contributed by atoms with Crippen LogP contribution in [0.5, 0.6) is 0 Å². The monoisotopic (exact) mass is 359 g/mol. The third-order valence-corrected chi connectivity index (χ3v) is 6.11. The molecule has 0 atom stereocenters. The zero-order valence-electron chi connectivity index (χ0n) is 13.7. The van der Waals surface area contributed by atoms with Crippen molar-refractivity contribution in [3.05, 3.63) is 48.7 Å². The molecule has 0 saturated carbocycles. The number of hydrogen-bond donors (Lipinski definition) is 0. The first-order chi connectivity index (χ1) is 12.1. The van der Waals surface area contributed by atoms with Gasteiger partial charge in [0.1, 0.15) is 6.33 Å². The van der Waals surface area contributed by atoms with Gasteiger partial charge in [0.25, 0.3) is 10.0 Å². The van der Waals surface area contributed by atoms with Crippen LogP contribution in [0, 0.1) is 0 Å². The zero-order valence-corrected chi connectivity index (χ0v) is 14.5. The molecule has 1 aliphatic heterocycles. The molecule has 3 aromatic rings. The first-order valence-electron chi connectivity index (χ1n) is 7.89. The molecule has 0 spiro atoms. The first kappa shape index (κ1) is 16.0. The largest absolute Gasteiger partial charge is 0.472 e. The Morgan fingerprint density at radius 2 is 2.00 bits per heavy atom. The van der Waals surface area contributed by atoms with Crippen LogP contribution >= 0.6 is 0 Å². The van der Waals surface area contributed by atoms with Crippen LogP contribution in [0.15, 0.2) is 46.9 Å². The van der Waals surface area contributed by atoms with Crippen molar-refractivity contribution in [2.45, 2.75) is 17.9 Å². The van der Waals surface area contributed by atoms with E-state index in [0.29, 0.717) is 25.9 Å². The van der Waals surface area contributed by atoms with Gasteiger partial charge in [0.2, 0.25) is 0 Å². The summed E-state index contributed by atoms with van der Waals surface area (Å²) >= 11 is 0. The van der Waals surface area contributed by atoms with Crippen molar-refractivity contribution in [1.29, 1.82) is 0 Å². The van der Waals surface area contributed by atoms with E-state index in [0.717, 1.165) is 22.5 Å². The summed E-state index contributed by atoms with van der Waals surface area (Å²) in [6, 6.07) is 1.84. The molecule has 0 aliphatic carbocycles. The van der Waals surface area contributed by atoms with Crippen molar-refractivity contribution in [1.82, 2.24) is 23.8 Å². The third-order valence-electron chi connectivity index (χ3n) is 4.32. The second-order valence-corrected chi connectivity index (χ2v) is 7.83. The summed E-state index contributed by atoms with van der Waals surface area (Å²) in [6.45, 7) is 0.734. The summed E-state index contributed by atoms with van der Waals surface area (Å²) in [4.78, 5) is 12.7. The van der Waals surface area contributed by atoms with Crippen LogP contribution in [0.3, 0.4) is 0 Å². The van der Waals surface area contributed by atoms with Crippen LogP contribution in [-0.2, 0) is 29.9 Å². The molecule has 8 nitrogen and oxygen atoms in total. The number of imidazole rings is 1. The quantitative estimate of drug-likeness (QED) is 0.699. The smallest absolute Gasteiger partial charge is 0.262 e. The van der Waals surface area contributed by atoms with Gasteiger partial charge >= 0.3 is 0 Å². The molecule has 0 bridgehead atoms. The summed E-state index contributed by atoms with van der Waals surface area (Å²) in [5.74, 6) is 0. The van der Waals surface area contributed by atoms with Crippen molar-refractivity contribution in [3.8, 4) is 11.3 Å². The van der Waals surface area contributed by atoms with Gasteiger partial charge < -0.3 is 8.98 Å². The predicted molar refractivity (Wildman–Crippen MR) is 89.1 cm³/mol. The minimum absolute atomic E-state index is 0.0714. The molecule has 25 heavy (non-hydrogen) atoms. The molecule has 0 N–H and O–H groups in total. The average molecular weight is 359 g/mol. The molecule has 0 radical (unpaired) electrons. The summed E-state index contributed by atoms with van der Waals surface area (Å²) in [5, 5.41) is 0.0714. The lowest BCUT2D eigenvalue weighted by molar-refractivity contribution is 0.424. The van der Waals surface area contributed by atoms with Gasteiger partial charge in [-0.1, -0.05) is 0 Å². The van der Waals surface area contributed by atoms with E-state index >= 15 is 0 Å². The van der Waals surface area contributed by atoms with Crippen molar-refractivity contribution in [3.63, 3.8) is 0 Å². The lowest BCUT2D eigenvalue weighted by atomic mass is 10.0. The number of sulfonamides is 1. The second-order valence-electron chi connectivity index (χ2n) is 5.94. The highest BCUT2D eigenvalue weighted by molar-refractivity contribution is 7.89. The van der Waals surface area contributed by atoms with E-state index in [-0.39, 0.29) is 5.03 Å². The molecule has 0 amide bonds. The highest BCUT2D eigenvalue weighted by Crippen LogP contribution is 2.27. The molecule has 0 fully saturated rings. The molecule has 1 aliphatic rings. The van der Waals surface area contributed by atoms with Gasteiger partial charge in [-0.25, -0.2) is 23.4 Å². The lowest BCUT2D eigenvalue weighted by Crippen LogP contribution is -2.33. The Morgan fingerprint density at radius 1 is 1.16 bits per heavy atom. The van der Waals surface area contributed by atoms with Gasteiger partial charge in [-0.2, -0.15) is 4.31 Å². The molecule has 0 aromatic carbocycles. The highest BCUT2D eigenvalue weighted by Gasteiger charge is 2.29. The van der Waals surface area contributed by atoms with E-state index in [2.05, 4.69) is 15.0 Å². The fourth-order valence-corrected chi connectivity index (χ4v) is 4.46. The summed E-state index contributed by atoms with van der Waals surface area (Å²) < 4.78 is 33.9. The van der Waals surface area contributed by atoms with Crippen molar-refractivity contribution < 1.29 is 12.8 Å². The molecule has 0 saturated heterocycles. The molecular weight excluding hydrogens is 342 g/mol. The Morgan fingerprint density at radius 3 is 2.72 bits per heavy atom. The SMILES string of the molecule is Cn1cnc(S(=O)(=O)N2CCc3ncnc(-c4ccoc4)c3CC2)c1.